The second-order valence-corrected chi connectivity index (χ2v) is 9.32. The van der Waals surface area contributed by atoms with E-state index in [9.17, 15) is 14.3 Å². The molecule has 3 atom stereocenters. The Morgan fingerprint density at radius 1 is 1.34 bits per heavy atom. The average Bonchev–Trinajstić information content (AvgIpc) is 3.12. The van der Waals surface area contributed by atoms with E-state index in [2.05, 4.69) is 24.1 Å². The Balaban J connectivity index is 1.94. The maximum absolute atomic E-state index is 14.0. The molecule has 1 aliphatic heterocycles. The smallest absolute Gasteiger partial charge is 0.290 e. The van der Waals surface area contributed by atoms with Gasteiger partial charge in [0, 0.05) is 45.9 Å². The van der Waals surface area contributed by atoms with E-state index in [1.165, 1.54) is 12.1 Å². The van der Waals surface area contributed by atoms with Crippen LogP contribution in [-0.4, -0.2) is 71.0 Å². The topological polar surface area (TPSA) is 79.6 Å². The number of methoxy groups -OCH3 is 1. The lowest BCUT2D eigenvalue weighted by molar-refractivity contribution is 0.0435. The number of aryl methyl sites for hydroxylation is 1. The molecule has 2 heterocycles. The summed E-state index contributed by atoms with van der Waals surface area (Å²) in [6.07, 6.45) is 1.95. The van der Waals surface area contributed by atoms with Crippen molar-refractivity contribution in [2.75, 3.05) is 33.4 Å². The number of aliphatic hydroxyl groups is 1. The number of halogens is 1. The van der Waals surface area contributed by atoms with Crippen LogP contribution < -0.4 is 5.32 Å². The van der Waals surface area contributed by atoms with E-state index in [4.69, 9.17) is 4.74 Å². The minimum Gasteiger partial charge on any atom is -0.393 e. The summed E-state index contributed by atoms with van der Waals surface area (Å²) in [5.74, 6) is 0.244. The zero-order chi connectivity index (χ0) is 23.3. The van der Waals surface area contributed by atoms with Crippen molar-refractivity contribution >= 4 is 16.9 Å². The molecular formula is C24H37FN4O3. The van der Waals surface area contributed by atoms with Gasteiger partial charge in [-0.15, -0.1) is 0 Å². The molecule has 1 aromatic carbocycles. The Bertz CT molecular complexity index is 899. The van der Waals surface area contributed by atoms with Gasteiger partial charge >= 0.3 is 0 Å². The molecule has 7 nitrogen and oxygen atoms in total. The fourth-order valence-corrected chi connectivity index (χ4v) is 4.48. The maximum Gasteiger partial charge on any atom is 0.290 e. The van der Waals surface area contributed by atoms with Crippen molar-refractivity contribution in [2.45, 2.75) is 58.7 Å². The van der Waals surface area contributed by atoms with Gasteiger partial charge in [0.25, 0.3) is 5.91 Å². The molecule has 178 valence electrons. The summed E-state index contributed by atoms with van der Waals surface area (Å²) in [6, 6.07) is 4.43. The summed E-state index contributed by atoms with van der Waals surface area (Å²) in [6.45, 7) is 9.21. The van der Waals surface area contributed by atoms with Gasteiger partial charge in [-0.25, -0.2) is 9.37 Å². The van der Waals surface area contributed by atoms with Crippen LogP contribution in [0.2, 0.25) is 0 Å². The number of ether oxygens (including phenoxy) is 1. The van der Waals surface area contributed by atoms with Gasteiger partial charge in [0.05, 0.1) is 17.1 Å². The van der Waals surface area contributed by atoms with Crippen LogP contribution in [0, 0.1) is 17.7 Å². The Labute approximate surface area is 189 Å². The third-order valence-electron chi connectivity index (χ3n) is 6.19. The van der Waals surface area contributed by atoms with Crippen LogP contribution in [0.15, 0.2) is 18.2 Å². The van der Waals surface area contributed by atoms with Crippen molar-refractivity contribution in [3.63, 3.8) is 0 Å². The molecule has 1 aromatic heterocycles. The number of nitrogens with zero attached hydrogens (tertiary/aromatic N) is 3. The molecule has 0 spiro atoms. The second-order valence-electron chi connectivity index (χ2n) is 9.32. The number of hydrogen-bond donors (Lipinski definition) is 2. The number of hydrogen-bond acceptors (Lipinski definition) is 5. The number of aromatic nitrogens is 2. The molecule has 32 heavy (non-hydrogen) atoms. The largest absolute Gasteiger partial charge is 0.393 e. The molecule has 1 amide bonds. The van der Waals surface area contributed by atoms with E-state index in [1.54, 1.807) is 20.1 Å². The highest BCUT2D eigenvalue weighted by Gasteiger charge is 2.34. The molecule has 8 heteroatoms. The Hall–Kier alpha value is -2.03. The maximum atomic E-state index is 14.0. The average molecular weight is 449 g/mol. The quantitative estimate of drug-likeness (QED) is 0.546. The first kappa shape index (κ1) is 24.6. The third-order valence-corrected chi connectivity index (χ3v) is 6.19. The van der Waals surface area contributed by atoms with E-state index in [0.29, 0.717) is 43.1 Å². The summed E-state index contributed by atoms with van der Waals surface area (Å²) >= 11 is 0. The van der Waals surface area contributed by atoms with Crippen molar-refractivity contribution in [3.05, 3.63) is 29.8 Å². The number of amides is 1. The lowest BCUT2D eigenvalue weighted by Gasteiger charge is -2.39. The number of carbonyl (C=O) groups excluding carboxylic acids is 1. The monoisotopic (exact) mass is 448 g/mol. The van der Waals surface area contributed by atoms with Crippen LogP contribution in [-0.2, 0) is 11.3 Å². The van der Waals surface area contributed by atoms with Gasteiger partial charge in [0.1, 0.15) is 5.82 Å². The summed E-state index contributed by atoms with van der Waals surface area (Å²) in [4.78, 5) is 20.4. The van der Waals surface area contributed by atoms with Crippen molar-refractivity contribution < 1.29 is 19.0 Å². The number of rotatable bonds is 10. The summed E-state index contributed by atoms with van der Waals surface area (Å²) in [5.41, 5.74) is 1.26. The predicted molar refractivity (Wildman–Crippen MR) is 123 cm³/mol. The molecule has 2 aromatic rings. The third kappa shape index (κ3) is 5.85. The van der Waals surface area contributed by atoms with Crippen molar-refractivity contribution in [2.24, 2.45) is 11.8 Å². The highest BCUT2D eigenvalue weighted by molar-refractivity contribution is 5.95. The number of piperidine rings is 1. The first-order chi connectivity index (χ1) is 15.3. The molecule has 1 unspecified atom stereocenters. The SMILES string of the molecule is COCCCCn1c(C(=O)N(CC(C)C)[C@@H]2CNC[C@@H](C(C)O)C2)nc2ccc(F)cc21. The Kier molecular flexibility index (Phi) is 8.62. The minimum atomic E-state index is -0.436. The van der Waals surface area contributed by atoms with Gasteiger partial charge in [0.15, 0.2) is 5.82 Å². The normalized spacial score (nSPS) is 20.1. The second kappa shape index (κ2) is 11.2. The molecule has 1 aliphatic rings. The Morgan fingerprint density at radius 2 is 2.12 bits per heavy atom. The molecule has 0 saturated carbocycles. The zero-order valence-electron chi connectivity index (χ0n) is 19.7. The van der Waals surface area contributed by atoms with Gasteiger partial charge < -0.3 is 24.6 Å². The van der Waals surface area contributed by atoms with E-state index in [0.717, 1.165) is 25.8 Å². The lowest BCUT2D eigenvalue weighted by atomic mass is 9.90. The van der Waals surface area contributed by atoms with Gasteiger partial charge in [-0.05, 0) is 56.2 Å². The fraction of sp³-hybridized carbons (Fsp3) is 0.667. The van der Waals surface area contributed by atoms with Crippen LogP contribution in [0.3, 0.4) is 0 Å². The van der Waals surface area contributed by atoms with Gasteiger partial charge in [-0.3, -0.25) is 4.79 Å². The van der Waals surface area contributed by atoms with E-state index in [1.807, 2.05) is 9.47 Å². The summed E-state index contributed by atoms with van der Waals surface area (Å²) in [7, 11) is 1.67. The molecule has 3 rings (SSSR count). The molecule has 1 fully saturated rings. The standard InChI is InChI=1S/C24H37FN4O3/c1-16(2)15-29(20-11-18(17(3)30)13-26-14-20)24(31)23-27-21-8-7-19(25)12-22(21)28(23)9-5-6-10-32-4/h7-8,12,16-18,20,26,30H,5-6,9-11,13-15H2,1-4H3/t17?,18-,20-/m0/s1. The minimum absolute atomic E-state index is 0.0308. The van der Waals surface area contributed by atoms with E-state index < -0.39 is 6.10 Å². The molecular weight excluding hydrogens is 411 g/mol. The zero-order valence-corrected chi connectivity index (χ0v) is 19.7. The van der Waals surface area contributed by atoms with Crippen LogP contribution in [0.25, 0.3) is 11.0 Å². The van der Waals surface area contributed by atoms with Crippen LogP contribution in [0.5, 0.6) is 0 Å². The Morgan fingerprint density at radius 3 is 2.81 bits per heavy atom. The van der Waals surface area contributed by atoms with Gasteiger partial charge in [-0.2, -0.15) is 0 Å². The summed E-state index contributed by atoms with van der Waals surface area (Å²) < 4.78 is 21.0. The lowest BCUT2D eigenvalue weighted by Crippen LogP contribution is -2.54. The highest BCUT2D eigenvalue weighted by Crippen LogP contribution is 2.24. The number of fused-ring (bicyclic) bond motifs is 1. The number of carbonyl (C=O) groups is 1. The van der Waals surface area contributed by atoms with Crippen LogP contribution in [0.1, 0.15) is 50.7 Å². The highest BCUT2D eigenvalue weighted by atomic mass is 19.1. The first-order valence-electron chi connectivity index (χ1n) is 11.7. The number of benzene rings is 1. The number of aliphatic hydroxyl groups excluding tert-OH is 1. The molecule has 0 bridgehead atoms. The molecule has 0 radical (unpaired) electrons. The van der Waals surface area contributed by atoms with E-state index in [-0.39, 0.29) is 29.6 Å². The van der Waals surface area contributed by atoms with Crippen LogP contribution >= 0.6 is 0 Å². The number of nitrogens with one attached hydrogen (secondary N) is 1. The van der Waals surface area contributed by atoms with Gasteiger partial charge in [-0.1, -0.05) is 13.8 Å². The fourth-order valence-electron chi connectivity index (χ4n) is 4.48. The molecule has 0 aliphatic carbocycles. The first-order valence-corrected chi connectivity index (χ1v) is 11.7. The van der Waals surface area contributed by atoms with Crippen molar-refractivity contribution in [1.29, 1.82) is 0 Å². The van der Waals surface area contributed by atoms with Gasteiger partial charge in [0.2, 0.25) is 0 Å². The molecule has 1 saturated heterocycles. The van der Waals surface area contributed by atoms with E-state index >= 15 is 0 Å². The van der Waals surface area contributed by atoms with Crippen molar-refractivity contribution in [3.8, 4) is 0 Å². The number of imidazole rings is 1. The molecule has 2 N–H and O–H groups in total. The van der Waals surface area contributed by atoms with Crippen molar-refractivity contribution in [1.82, 2.24) is 19.8 Å². The summed E-state index contributed by atoms with van der Waals surface area (Å²) in [5, 5.41) is 13.5. The number of unbranched alkanes of at least 4 members (excludes halogenated alkanes) is 1. The van der Waals surface area contributed by atoms with Crippen LogP contribution in [0.4, 0.5) is 4.39 Å². The predicted octanol–water partition coefficient (Wildman–Crippen LogP) is 3.06.